The highest BCUT2D eigenvalue weighted by Gasteiger charge is 2.11. The van der Waals surface area contributed by atoms with Gasteiger partial charge in [-0.15, -0.1) is 0 Å². The fraction of sp³-hybridized carbons (Fsp3) is 0.375. The van der Waals surface area contributed by atoms with Crippen molar-refractivity contribution in [3.05, 3.63) is 42.2 Å². The highest BCUT2D eigenvalue weighted by atomic mass is 16.4. The molecule has 0 aliphatic heterocycles. The Morgan fingerprint density at radius 3 is 2.70 bits per heavy atom. The van der Waals surface area contributed by atoms with E-state index < -0.39 is 5.97 Å². The first-order chi connectivity index (χ1) is 9.47. The van der Waals surface area contributed by atoms with E-state index in [9.17, 15) is 4.79 Å². The van der Waals surface area contributed by atoms with Gasteiger partial charge in [0.2, 0.25) is 0 Å². The van der Waals surface area contributed by atoms with Gasteiger partial charge in [0.05, 0.1) is 6.20 Å². The van der Waals surface area contributed by atoms with Gasteiger partial charge in [-0.05, 0) is 23.0 Å². The molecule has 0 aliphatic rings. The molecule has 1 aromatic carbocycles. The van der Waals surface area contributed by atoms with E-state index in [2.05, 4.69) is 38.0 Å². The van der Waals surface area contributed by atoms with Crippen molar-refractivity contribution in [3.8, 4) is 11.1 Å². The Morgan fingerprint density at radius 2 is 2.05 bits per heavy atom. The van der Waals surface area contributed by atoms with E-state index >= 15 is 0 Å². The van der Waals surface area contributed by atoms with Gasteiger partial charge in [-0.25, -0.2) is 0 Å². The molecular formula is C16H20N2O2. The smallest absolute Gasteiger partial charge is 0.325 e. The molecule has 0 fully saturated rings. The molecule has 0 saturated carbocycles. The van der Waals surface area contributed by atoms with Gasteiger partial charge < -0.3 is 5.11 Å². The van der Waals surface area contributed by atoms with Crippen LogP contribution in [0.25, 0.3) is 11.1 Å². The molecule has 20 heavy (non-hydrogen) atoms. The van der Waals surface area contributed by atoms with Crippen LogP contribution >= 0.6 is 0 Å². The van der Waals surface area contributed by atoms with E-state index in [1.54, 1.807) is 12.4 Å². The molecule has 0 amide bonds. The maximum absolute atomic E-state index is 10.7. The molecule has 1 atom stereocenters. The van der Waals surface area contributed by atoms with Crippen molar-refractivity contribution >= 4 is 5.97 Å². The molecule has 0 spiro atoms. The monoisotopic (exact) mass is 272 g/mol. The minimum atomic E-state index is -0.887. The van der Waals surface area contributed by atoms with Gasteiger partial charge in [-0.3, -0.25) is 9.48 Å². The van der Waals surface area contributed by atoms with E-state index in [0.29, 0.717) is 11.8 Å². The third-order valence-electron chi connectivity index (χ3n) is 3.68. The molecule has 0 bridgehead atoms. The summed E-state index contributed by atoms with van der Waals surface area (Å²) in [6.45, 7) is 6.53. The van der Waals surface area contributed by atoms with Gasteiger partial charge >= 0.3 is 5.97 Å². The Kier molecular flexibility index (Phi) is 4.23. The first-order valence-corrected chi connectivity index (χ1v) is 6.82. The van der Waals surface area contributed by atoms with E-state index in [0.717, 1.165) is 11.1 Å². The van der Waals surface area contributed by atoms with Crippen molar-refractivity contribution in [1.82, 2.24) is 9.78 Å². The second-order valence-corrected chi connectivity index (χ2v) is 5.48. The summed E-state index contributed by atoms with van der Waals surface area (Å²) in [4.78, 5) is 10.7. The Hall–Kier alpha value is -2.10. The van der Waals surface area contributed by atoms with Crippen LogP contribution in [0.5, 0.6) is 0 Å². The number of aromatic nitrogens is 2. The zero-order valence-electron chi connectivity index (χ0n) is 12.1. The first kappa shape index (κ1) is 14.3. The van der Waals surface area contributed by atoms with Gasteiger partial charge in [0.25, 0.3) is 0 Å². The minimum absolute atomic E-state index is 0.109. The Balaban J connectivity index is 2.26. The minimum Gasteiger partial charge on any atom is -0.480 e. The van der Waals surface area contributed by atoms with Crippen LogP contribution in [0, 0.1) is 5.92 Å². The van der Waals surface area contributed by atoms with Crippen molar-refractivity contribution in [3.63, 3.8) is 0 Å². The molecule has 1 N–H and O–H groups in total. The summed E-state index contributed by atoms with van der Waals surface area (Å²) < 4.78 is 1.44. The number of aliphatic carboxylic acids is 1. The van der Waals surface area contributed by atoms with Crippen molar-refractivity contribution < 1.29 is 9.90 Å². The predicted octanol–water partition coefficient (Wildman–Crippen LogP) is 3.39. The summed E-state index contributed by atoms with van der Waals surface area (Å²) in [5.74, 6) is 0.186. The average Bonchev–Trinajstić information content (AvgIpc) is 2.85. The number of carbonyl (C=O) groups is 1. The van der Waals surface area contributed by atoms with Crippen LogP contribution in [0.15, 0.2) is 36.7 Å². The van der Waals surface area contributed by atoms with Crippen LogP contribution in [0.4, 0.5) is 0 Å². The number of benzene rings is 1. The van der Waals surface area contributed by atoms with Gasteiger partial charge in [0, 0.05) is 11.8 Å². The summed E-state index contributed by atoms with van der Waals surface area (Å²) in [6, 6.07) is 8.36. The predicted molar refractivity (Wildman–Crippen MR) is 78.6 cm³/mol. The number of hydrogen-bond donors (Lipinski definition) is 1. The molecule has 4 nitrogen and oxygen atoms in total. The number of carboxylic acids is 1. The SMILES string of the molecule is CC(C)[C@@H](C)c1cccc(-c2cnn(CC(=O)O)c2)c1. The lowest BCUT2D eigenvalue weighted by Crippen LogP contribution is -2.08. The third-order valence-corrected chi connectivity index (χ3v) is 3.68. The van der Waals surface area contributed by atoms with Gasteiger partial charge in [0.1, 0.15) is 6.54 Å². The van der Waals surface area contributed by atoms with E-state index in [4.69, 9.17) is 5.11 Å². The summed E-state index contributed by atoms with van der Waals surface area (Å²) in [5.41, 5.74) is 3.32. The van der Waals surface area contributed by atoms with Crippen molar-refractivity contribution in [2.24, 2.45) is 5.92 Å². The highest BCUT2D eigenvalue weighted by molar-refractivity contribution is 5.67. The third kappa shape index (κ3) is 3.26. The molecule has 0 radical (unpaired) electrons. The number of carboxylic acid groups (broad SMARTS) is 1. The van der Waals surface area contributed by atoms with E-state index in [1.165, 1.54) is 10.2 Å². The molecule has 1 aromatic heterocycles. The fourth-order valence-electron chi connectivity index (χ4n) is 2.12. The first-order valence-electron chi connectivity index (χ1n) is 6.82. The van der Waals surface area contributed by atoms with Crippen LogP contribution in [-0.2, 0) is 11.3 Å². The Morgan fingerprint density at radius 1 is 1.30 bits per heavy atom. The summed E-state index contributed by atoms with van der Waals surface area (Å²) in [5, 5.41) is 12.8. The quantitative estimate of drug-likeness (QED) is 0.907. The molecule has 4 heteroatoms. The van der Waals surface area contributed by atoms with Gasteiger partial charge in [-0.2, -0.15) is 5.10 Å². The number of nitrogens with zero attached hydrogens (tertiary/aromatic N) is 2. The molecule has 0 unspecified atom stereocenters. The van der Waals surface area contributed by atoms with Gasteiger partial charge in [-0.1, -0.05) is 45.0 Å². The lowest BCUT2D eigenvalue weighted by molar-refractivity contribution is -0.137. The number of hydrogen-bond acceptors (Lipinski definition) is 2. The standard InChI is InChI=1S/C16H20N2O2/c1-11(2)12(3)13-5-4-6-14(7-13)15-8-17-18(9-15)10-16(19)20/h4-9,11-12H,10H2,1-3H3,(H,19,20)/t12-/m1/s1. The maximum atomic E-state index is 10.7. The zero-order chi connectivity index (χ0) is 14.7. The van der Waals surface area contributed by atoms with Crippen molar-refractivity contribution in [1.29, 1.82) is 0 Å². The molecule has 2 rings (SSSR count). The van der Waals surface area contributed by atoms with Crippen molar-refractivity contribution in [2.45, 2.75) is 33.2 Å². The second kappa shape index (κ2) is 5.90. The maximum Gasteiger partial charge on any atom is 0.325 e. The van der Waals surface area contributed by atoms with E-state index in [-0.39, 0.29) is 6.54 Å². The second-order valence-electron chi connectivity index (χ2n) is 5.48. The average molecular weight is 272 g/mol. The lowest BCUT2D eigenvalue weighted by atomic mass is 9.89. The summed E-state index contributed by atoms with van der Waals surface area (Å²) in [6.07, 6.45) is 3.48. The van der Waals surface area contributed by atoms with Crippen molar-refractivity contribution in [2.75, 3.05) is 0 Å². The Labute approximate surface area is 119 Å². The van der Waals surface area contributed by atoms with Crippen LogP contribution in [-0.4, -0.2) is 20.9 Å². The molecule has 106 valence electrons. The molecule has 2 aromatic rings. The van der Waals surface area contributed by atoms with Gasteiger partial charge in [0.15, 0.2) is 0 Å². The summed E-state index contributed by atoms with van der Waals surface area (Å²) in [7, 11) is 0. The molecule has 1 heterocycles. The lowest BCUT2D eigenvalue weighted by Gasteiger charge is -2.16. The highest BCUT2D eigenvalue weighted by Crippen LogP contribution is 2.27. The summed E-state index contributed by atoms with van der Waals surface area (Å²) >= 11 is 0. The molecule has 0 saturated heterocycles. The van der Waals surface area contributed by atoms with Crippen LogP contribution in [0.3, 0.4) is 0 Å². The van der Waals surface area contributed by atoms with Crippen LogP contribution in [0.2, 0.25) is 0 Å². The Bertz CT molecular complexity index is 602. The number of rotatable bonds is 5. The zero-order valence-corrected chi connectivity index (χ0v) is 12.1. The fourth-order valence-corrected chi connectivity index (χ4v) is 2.12. The topological polar surface area (TPSA) is 55.1 Å². The molecular weight excluding hydrogens is 252 g/mol. The largest absolute Gasteiger partial charge is 0.480 e. The van der Waals surface area contributed by atoms with E-state index in [1.807, 2.05) is 12.1 Å². The molecule has 0 aliphatic carbocycles. The van der Waals surface area contributed by atoms with Crippen LogP contribution < -0.4 is 0 Å². The van der Waals surface area contributed by atoms with Crippen LogP contribution in [0.1, 0.15) is 32.3 Å². The normalized spacial score (nSPS) is 12.6.